The Morgan fingerprint density at radius 2 is 2.30 bits per heavy atom. The normalized spacial score (nSPS) is 26.1. The second-order valence-electron chi connectivity index (χ2n) is 5.68. The Kier molecular flexibility index (Phi) is 4.03. The van der Waals surface area contributed by atoms with Crippen molar-refractivity contribution in [3.05, 3.63) is 29.8 Å². The monoisotopic (exact) mass is 274 g/mol. The second-order valence-corrected chi connectivity index (χ2v) is 5.68. The van der Waals surface area contributed by atoms with Crippen molar-refractivity contribution in [2.75, 3.05) is 24.6 Å². The van der Waals surface area contributed by atoms with Crippen molar-refractivity contribution in [2.24, 2.45) is 0 Å². The number of amides is 1. The molecular weight excluding hydrogens is 252 g/mol. The molecule has 4 heteroatoms. The molecule has 20 heavy (non-hydrogen) atoms. The molecule has 1 N–H and O–H groups in total. The van der Waals surface area contributed by atoms with E-state index in [1.165, 1.54) is 5.56 Å². The number of ether oxygens (including phenoxy) is 1. The summed E-state index contributed by atoms with van der Waals surface area (Å²) < 4.78 is 5.65. The number of hydrogen-bond acceptors (Lipinski definition) is 3. The predicted molar refractivity (Wildman–Crippen MR) is 78.9 cm³/mol. The van der Waals surface area contributed by atoms with E-state index in [0.29, 0.717) is 13.0 Å². The Morgan fingerprint density at radius 1 is 1.45 bits per heavy atom. The molecule has 1 amide bonds. The third-order valence-corrected chi connectivity index (χ3v) is 4.20. The van der Waals surface area contributed by atoms with Gasteiger partial charge in [-0.05, 0) is 31.4 Å². The fourth-order valence-electron chi connectivity index (χ4n) is 3.11. The van der Waals surface area contributed by atoms with E-state index in [-0.39, 0.29) is 18.1 Å². The summed E-state index contributed by atoms with van der Waals surface area (Å²) in [6.07, 6.45) is 2.57. The molecule has 0 radical (unpaired) electrons. The van der Waals surface area contributed by atoms with Gasteiger partial charge in [-0.25, -0.2) is 0 Å². The smallest absolute Gasteiger partial charge is 0.229 e. The molecule has 2 aliphatic rings. The zero-order valence-corrected chi connectivity index (χ0v) is 12.0. The Hall–Kier alpha value is -1.39. The lowest BCUT2D eigenvalue weighted by Gasteiger charge is -2.36. The lowest BCUT2D eigenvalue weighted by molar-refractivity contribution is -0.122. The number of carbonyl (C=O) groups is 1. The summed E-state index contributed by atoms with van der Waals surface area (Å²) in [5, 5.41) is 3.28. The molecule has 1 aromatic rings. The van der Waals surface area contributed by atoms with E-state index in [9.17, 15) is 4.79 Å². The van der Waals surface area contributed by atoms with Gasteiger partial charge in [-0.3, -0.25) is 4.79 Å². The van der Waals surface area contributed by atoms with E-state index < -0.39 is 0 Å². The summed E-state index contributed by atoms with van der Waals surface area (Å²) in [5.74, 6) is 0.179. The number of anilines is 1. The fourth-order valence-corrected chi connectivity index (χ4v) is 3.11. The van der Waals surface area contributed by atoms with Gasteiger partial charge in [0, 0.05) is 24.8 Å². The number of hydrogen-bond donors (Lipinski definition) is 1. The number of nitrogens with zero attached hydrogens (tertiary/aromatic N) is 1. The van der Waals surface area contributed by atoms with Gasteiger partial charge in [0.25, 0.3) is 0 Å². The topological polar surface area (TPSA) is 41.6 Å². The van der Waals surface area contributed by atoms with E-state index >= 15 is 0 Å². The summed E-state index contributed by atoms with van der Waals surface area (Å²) in [5.41, 5.74) is 2.36. The Morgan fingerprint density at radius 3 is 3.10 bits per heavy atom. The Labute approximate surface area is 120 Å². The third-order valence-electron chi connectivity index (χ3n) is 4.20. The van der Waals surface area contributed by atoms with Gasteiger partial charge in [0.05, 0.1) is 19.1 Å². The van der Waals surface area contributed by atoms with E-state index in [2.05, 4.69) is 24.4 Å². The molecule has 2 atom stereocenters. The number of aryl methyl sites for hydroxylation is 1. The molecule has 1 aromatic carbocycles. The van der Waals surface area contributed by atoms with Crippen molar-refractivity contribution in [2.45, 2.75) is 38.3 Å². The van der Waals surface area contributed by atoms with Gasteiger partial charge in [-0.2, -0.15) is 0 Å². The molecule has 4 nitrogen and oxygen atoms in total. The minimum Gasteiger partial charge on any atom is -0.375 e. The van der Waals surface area contributed by atoms with Crippen LogP contribution in [0.1, 0.15) is 25.3 Å². The zero-order valence-electron chi connectivity index (χ0n) is 12.0. The first-order chi connectivity index (χ1) is 9.75. The zero-order chi connectivity index (χ0) is 13.9. The van der Waals surface area contributed by atoms with Crippen LogP contribution in [0, 0.1) is 0 Å². The van der Waals surface area contributed by atoms with E-state index in [4.69, 9.17) is 4.74 Å². The van der Waals surface area contributed by atoms with Crippen LogP contribution in [0.15, 0.2) is 24.3 Å². The standard InChI is InChI=1S/C16H22N2O2/c1-12-6-7-13-4-2-3-5-15(13)18(12)16(19)10-14-11-17-8-9-20-14/h2-5,12,14,17H,6-11H2,1H3. The largest absolute Gasteiger partial charge is 0.375 e. The van der Waals surface area contributed by atoms with Crippen molar-refractivity contribution < 1.29 is 9.53 Å². The molecule has 1 fully saturated rings. The van der Waals surface area contributed by atoms with Gasteiger partial charge >= 0.3 is 0 Å². The van der Waals surface area contributed by atoms with Crippen LogP contribution in [0.5, 0.6) is 0 Å². The molecule has 1 saturated heterocycles. The molecule has 3 rings (SSSR count). The van der Waals surface area contributed by atoms with Gasteiger partial charge in [0.1, 0.15) is 0 Å². The summed E-state index contributed by atoms with van der Waals surface area (Å²) in [6.45, 7) is 4.49. The number of carbonyl (C=O) groups excluding carboxylic acids is 1. The molecule has 0 saturated carbocycles. The van der Waals surface area contributed by atoms with Gasteiger partial charge < -0.3 is 15.0 Å². The van der Waals surface area contributed by atoms with Crippen LogP contribution in [0.3, 0.4) is 0 Å². The van der Waals surface area contributed by atoms with E-state index in [0.717, 1.165) is 31.6 Å². The maximum Gasteiger partial charge on any atom is 0.229 e. The Bertz CT molecular complexity index is 483. The maximum atomic E-state index is 12.7. The van der Waals surface area contributed by atoms with Crippen molar-refractivity contribution >= 4 is 11.6 Å². The van der Waals surface area contributed by atoms with Crippen LogP contribution in [0.2, 0.25) is 0 Å². The van der Waals surface area contributed by atoms with Crippen molar-refractivity contribution in [3.63, 3.8) is 0 Å². The quantitative estimate of drug-likeness (QED) is 0.893. The van der Waals surface area contributed by atoms with Crippen LogP contribution in [-0.2, 0) is 16.0 Å². The highest BCUT2D eigenvalue weighted by molar-refractivity contribution is 5.95. The lowest BCUT2D eigenvalue weighted by Crippen LogP contribution is -2.46. The number of morpholine rings is 1. The Balaban J connectivity index is 1.76. The SMILES string of the molecule is CC1CCc2ccccc2N1C(=O)CC1CNCCO1. The fraction of sp³-hybridized carbons (Fsp3) is 0.562. The molecule has 0 bridgehead atoms. The first-order valence-corrected chi connectivity index (χ1v) is 7.48. The minimum absolute atomic E-state index is 0.0116. The predicted octanol–water partition coefficient (Wildman–Crippen LogP) is 1.73. The van der Waals surface area contributed by atoms with Crippen LogP contribution in [-0.4, -0.2) is 37.7 Å². The summed E-state index contributed by atoms with van der Waals surface area (Å²) in [7, 11) is 0. The number of para-hydroxylation sites is 1. The number of fused-ring (bicyclic) bond motifs is 1. The van der Waals surface area contributed by atoms with Crippen molar-refractivity contribution in [1.29, 1.82) is 0 Å². The molecule has 0 aromatic heterocycles. The number of nitrogens with one attached hydrogen (secondary N) is 1. The second kappa shape index (κ2) is 5.94. The maximum absolute atomic E-state index is 12.7. The molecule has 108 valence electrons. The molecular formula is C16H22N2O2. The van der Waals surface area contributed by atoms with Gasteiger partial charge in [0.2, 0.25) is 5.91 Å². The average Bonchev–Trinajstić information content (AvgIpc) is 2.48. The third kappa shape index (κ3) is 2.72. The molecule has 2 unspecified atom stereocenters. The van der Waals surface area contributed by atoms with Crippen LogP contribution in [0.25, 0.3) is 0 Å². The van der Waals surface area contributed by atoms with Crippen molar-refractivity contribution in [3.8, 4) is 0 Å². The van der Waals surface area contributed by atoms with Gasteiger partial charge in [0.15, 0.2) is 0 Å². The van der Waals surface area contributed by atoms with Crippen LogP contribution < -0.4 is 10.2 Å². The molecule has 0 spiro atoms. The molecule has 2 heterocycles. The highest BCUT2D eigenvalue weighted by Gasteiger charge is 2.29. The minimum atomic E-state index is 0.0116. The molecule has 2 aliphatic heterocycles. The number of rotatable bonds is 2. The summed E-state index contributed by atoms with van der Waals surface area (Å²) in [4.78, 5) is 14.6. The van der Waals surface area contributed by atoms with Gasteiger partial charge in [-0.15, -0.1) is 0 Å². The summed E-state index contributed by atoms with van der Waals surface area (Å²) in [6, 6.07) is 8.51. The van der Waals surface area contributed by atoms with Gasteiger partial charge in [-0.1, -0.05) is 18.2 Å². The molecule has 0 aliphatic carbocycles. The first-order valence-electron chi connectivity index (χ1n) is 7.48. The van der Waals surface area contributed by atoms with Crippen LogP contribution in [0.4, 0.5) is 5.69 Å². The van der Waals surface area contributed by atoms with Crippen LogP contribution >= 0.6 is 0 Å². The number of benzene rings is 1. The highest BCUT2D eigenvalue weighted by Crippen LogP contribution is 2.31. The van der Waals surface area contributed by atoms with E-state index in [1.54, 1.807) is 0 Å². The lowest BCUT2D eigenvalue weighted by atomic mass is 9.96. The van der Waals surface area contributed by atoms with Crippen molar-refractivity contribution in [1.82, 2.24) is 5.32 Å². The highest BCUT2D eigenvalue weighted by atomic mass is 16.5. The summed E-state index contributed by atoms with van der Waals surface area (Å²) >= 11 is 0. The van der Waals surface area contributed by atoms with E-state index in [1.807, 2.05) is 17.0 Å². The average molecular weight is 274 g/mol. The first kappa shape index (κ1) is 13.6.